The van der Waals surface area contributed by atoms with E-state index in [1.807, 2.05) is 0 Å². The number of hydrogen-bond donors (Lipinski definition) is 2. The van der Waals surface area contributed by atoms with Crippen LogP contribution in [0.4, 0.5) is 8.78 Å². The smallest absolute Gasteiger partial charge is 0.257 e. The van der Waals surface area contributed by atoms with E-state index >= 15 is 0 Å². The number of Topliss-reactive ketones (excluding diaryl/α,β-unsaturated/α-hetero) is 1. The number of aromatic nitrogens is 1. The second kappa shape index (κ2) is 7.02. The van der Waals surface area contributed by atoms with E-state index in [1.54, 1.807) is 13.8 Å². The molecule has 4 rings (SSSR count). The van der Waals surface area contributed by atoms with Gasteiger partial charge in [-0.2, -0.15) is 0 Å². The normalized spacial score (nSPS) is 21.8. The Morgan fingerprint density at radius 3 is 2.77 bits per heavy atom. The van der Waals surface area contributed by atoms with E-state index in [4.69, 9.17) is 4.74 Å². The molecule has 30 heavy (non-hydrogen) atoms. The van der Waals surface area contributed by atoms with Gasteiger partial charge in [-0.15, -0.1) is 0 Å². The topological polar surface area (TPSA) is 97.6 Å². The highest BCUT2D eigenvalue weighted by molar-refractivity contribution is 6.03. The number of ether oxygens (including phenoxy) is 1. The summed E-state index contributed by atoms with van der Waals surface area (Å²) < 4.78 is 34.0. The van der Waals surface area contributed by atoms with Gasteiger partial charge in [-0.1, -0.05) is 6.07 Å². The molecule has 158 valence electrons. The third-order valence-electron chi connectivity index (χ3n) is 5.84. The highest BCUT2D eigenvalue weighted by Gasteiger charge is 2.52. The molecule has 1 saturated heterocycles. The molecule has 7 nitrogen and oxygen atoms in total. The number of nitrogens with one attached hydrogen (secondary N) is 1. The number of amides is 1. The number of pyridine rings is 1. The second-order valence-corrected chi connectivity index (χ2v) is 8.09. The Kier molecular flexibility index (Phi) is 4.73. The van der Waals surface area contributed by atoms with E-state index in [0.29, 0.717) is 19.1 Å². The highest BCUT2D eigenvalue weighted by atomic mass is 19.1. The van der Waals surface area contributed by atoms with Crippen LogP contribution in [-0.2, 0) is 11.3 Å². The van der Waals surface area contributed by atoms with Crippen LogP contribution in [0.3, 0.4) is 0 Å². The lowest BCUT2D eigenvalue weighted by atomic mass is 9.74. The van der Waals surface area contributed by atoms with Crippen molar-refractivity contribution in [2.75, 3.05) is 6.61 Å². The van der Waals surface area contributed by atoms with Crippen molar-refractivity contribution >= 4 is 11.7 Å². The minimum absolute atomic E-state index is 0.0354. The fraction of sp³-hybridized carbons (Fsp3) is 0.381. The zero-order chi connectivity index (χ0) is 21.8. The van der Waals surface area contributed by atoms with Crippen molar-refractivity contribution in [2.45, 2.75) is 39.0 Å². The maximum absolute atomic E-state index is 13.8. The maximum Gasteiger partial charge on any atom is 0.257 e. The second-order valence-electron chi connectivity index (χ2n) is 8.09. The van der Waals surface area contributed by atoms with Crippen molar-refractivity contribution in [2.24, 2.45) is 5.41 Å². The van der Waals surface area contributed by atoms with E-state index in [1.165, 1.54) is 16.8 Å². The fourth-order valence-corrected chi connectivity index (χ4v) is 4.19. The molecule has 1 aromatic heterocycles. The Morgan fingerprint density at radius 2 is 2.07 bits per heavy atom. The minimum atomic E-state index is -0.986. The zero-order valence-electron chi connectivity index (χ0n) is 16.4. The van der Waals surface area contributed by atoms with Gasteiger partial charge in [-0.05, 0) is 26.3 Å². The summed E-state index contributed by atoms with van der Waals surface area (Å²) in [6.07, 6.45) is 1.34. The predicted octanol–water partition coefficient (Wildman–Crippen LogP) is 2.31. The molecule has 0 saturated carbocycles. The van der Waals surface area contributed by atoms with Gasteiger partial charge in [0, 0.05) is 31.0 Å². The average molecular weight is 418 g/mol. The van der Waals surface area contributed by atoms with E-state index in [-0.39, 0.29) is 29.4 Å². The van der Waals surface area contributed by atoms with E-state index in [9.17, 15) is 28.3 Å². The van der Waals surface area contributed by atoms with Gasteiger partial charge in [-0.25, -0.2) is 8.78 Å². The molecule has 0 spiro atoms. The van der Waals surface area contributed by atoms with Gasteiger partial charge < -0.3 is 19.7 Å². The number of carbonyl (C=O) groups excluding carboxylic acids is 2. The molecule has 2 aliphatic rings. The van der Waals surface area contributed by atoms with Gasteiger partial charge in [-0.3, -0.25) is 14.4 Å². The van der Waals surface area contributed by atoms with Crippen LogP contribution in [0.2, 0.25) is 0 Å². The molecular weight excluding hydrogens is 398 g/mol. The summed E-state index contributed by atoms with van der Waals surface area (Å²) >= 11 is 0. The van der Waals surface area contributed by atoms with Crippen molar-refractivity contribution in [3.05, 3.63) is 63.1 Å². The van der Waals surface area contributed by atoms with Crippen LogP contribution in [0.5, 0.6) is 5.75 Å². The first kappa shape index (κ1) is 20.2. The number of halogens is 2. The lowest BCUT2D eigenvalue weighted by Crippen LogP contribution is -2.48. The lowest BCUT2D eigenvalue weighted by Gasteiger charge is -2.40. The van der Waals surface area contributed by atoms with Crippen LogP contribution in [0.25, 0.3) is 0 Å². The fourth-order valence-electron chi connectivity index (χ4n) is 4.19. The summed E-state index contributed by atoms with van der Waals surface area (Å²) in [5, 5.41) is 12.9. The molecule has 2 N–H and O–H groups in total. The van der Waals surface area contributed by atoms with Crippen LogP contribution in [-0.4, -0.2) is 34.1 Å². The largest absolute Gasteiger partial charge is 0.503 e. The van der Waals surface area contributed by atoms with Gasteiger partial charge in [0.1, 0.15) is 22.9 Å². The Balaban J connectivity index is 1.70. The predicted molar refractivity (Wildman–Crippen MR) is 101 cm³/mol. The minimum Gasteiger partial charge on any atom is -0.503 e. The summed E-state index contributed by atoms with van der Waals surface area (Å²) in [4.78, 5) is 38.2. The van der Waals surface area contributed by atoms with Crippen LogP contribution in [0.15, 0.2) is 29.2 Å². The SMILES string of the molecule is CC1(C)C(=O)c2c(O)c(=O)c(C(=O)NCc3ccc(F)cc3F)cn2[C@@H]2CCO[C@@H]21. The number of nitrogens with zero attached hydrogens (tertiary/aromatic N) is 1. The van der Waals surface area contributed by atoms with Gasteiger partial charge in [0.15, 0.2) is 11.5 Å². The van der Waals surface area contributed by atoms with Crippen LogP contribution in [0, 0.1) is 17.0 Å². The molecule has 0 radical (unpaired) electrons. The zero-order valence-corrected chi connectivity index (χ0v) is 16.4. The van der Waals surface area contributed by atoms with Gasteiger partial charge in [0.25, 0.3) is 5.91 Å². The Hall–Kier alpha value is -3.07. The Bertz CT molecular complexity index is 1130. The van der Waals surface area contributed by atoms with E-state index in [2.05, 4.69) is 5.32 Å². The first-order valence-corrected chi connectivity index (χ1v) is 9.49. The van der Waals surface area contributed by atoms with E-state index < -0.39 is 46.0 Å². The average Bonchev–Trinajstić information content (AvgIpc) is 3.18. The summed E-state index contributed by atoms with van der Waals surface area (Å²) in [6.45, 7) is 3.52. The molecule has 3 heterocycles. The van der Waals surface area contributed by atoms with Crippen LogP contribution in [0.1, 0.15) is 52.7 Å². The molecule has 1 aromatic carbocycles. The van der Waals surface area contributed by atoms with Crippen molar-refractivity contribution in [1.82, 2.24) is 9.88 Å². The quantitative estimate of drug-likeness (QED) is 0.797. The third-order valence-corrected chi connectivity index (χ3v) is 5.84. The van der Waals surface area contributed by atoms with Crippen molar-refractivity contribution < 1.29 is 28.2 Å². The number of aromatic hydroxyl groups is 1. The highest BCUT2D eigenvalue weighted by Crippen LogP contribution is 2.46. The summed E-state index contributed by atoms with van der Waals surface area (Å²) in [7, 11) is 0. The molecule has 2 atom stereocenters. The van der Waals surface area contributed by atoms with Crippen molar-refractivity contribution in [1.29, 1.82) is 0 Å². The molecule has 0 bridgehead atoms. The number of rotatable bonds is 3. The third kappa shape index (κ3) is 3.00. The number of hydrogen-bond acceptors (Lipinski definition) is 5. The number of fused-ring (bicyclic) bond motifs is 3. The summed E-state index contributed by atoms with van der Waals surface area (Å²) in [6, 6.07) is 2.61. The van der Waals surface area contributed by atoms with Crippen molar-refractivity contribution in [3.8, 4) is 5.75 Å². The molecular formula is C21H20F2N2O5. The first-order valence-electron chi connectivity index (χ1n) is 9.49. The molecule has 1 amide bonds. The van der Waals surface area contributed by atoms with Gasteiger partial charge >= 0.3 is 0 Å². The van der Waals surface area contributed by atoms with Crippen LogP contribution >= 0.6 is 0 Å². The molecule has 0 aliphatic carbocycles. The number of ketones is 1. The number of benzene rings is 1. The monoisotopic (exact) mass is 418 g/mol. The van der Waals surface area contributed by atoms with Crippen molar-refractivity contribution in [3.63, 3.8) is 0 Å². The van der Waals surface area contributed by atoms with Crippen LogP contribution < -0.4 is 10.7 Å². The first-order chi connectivity index (χ1) is 14.1. The molecule has 1 fully saturated rings. The Labute approximate surface area is 170 Å². The van der Waals surface area contributed by atoms with Gasteiger partial charge in [0.05, 0.1) is 17.6 Å². The standard InChI is InChI=1S/C21H20F2N2O5/c1-21(2)18(28)15-17(27)16(26)12(9-25(15)14-5-6-30-19(14)21)20(29)24-8-10-3-4-11(22)7-13(10)23/h3-4,7,9,14,19,27H,5-6,8H2,1-2H3,(H,24,29)/t14-,19+/m1/s1. The summed E-state index contributed by atoms with van der Waals surface area (Å²) in [5.41, 5.74) is -2.41. The molecule has 2 aromatic rings. The van der Waals surface area contributed by atoms with E-state index in [0.717, 1.165) is 6.07 Å². The molecule has 0 unspecified atom stereocenters. The maximum atomic E-state index is 13.8. The summed E-state index contributed by atoms with van der Waals surface area (Å²) in [5.74, 6) is -3.66. The van der Waals surface area contributed by atoms with Gasteiger partial charge in [0.2, 0.25) is 5.43 Å². The number of carbonyl (C=O) groups is 2. The Morgan fingerprint density at radius 1 is 1.33 bits per heavy atom. The molecule has 2 aliphatic heterocycles. The molecule has 9 heteroatoms. The lowest BCUT2D eigenvalue weighted by molar-refractivity contribution is -0.00290.